The van der Waals surface area contributed by atoms with Gasteiger partial charge in [-0.3, -0.25) is 9.38 Å². The van der Waals surface area contributed by atoms with Crippen LogP contribution in [-0.2, 0) is 0 Å². The van der Waals surface area contributed by atoms with Gasteiger partial charge in [-0.1, -0.05) is 66.7 Å². The molecular formula is C30H20N4. The number of hydrogen-bond donors (Lipinski definition) is 0. The van der Waals surface area contributed by atoms with Gasteiger partial charge in [-0.25, -0.2) is 4.98 Å². The summed E-state index contributed by atoms with van der Waals surface area (Å²) in [6, 6.07) is 35.9. The van der Waals surface area contributed by atoms with Gasteiger partial charge < -0.3 is 4.57 Å². The average molecular weight is 437 g/mol. The van der Waals surface area contributed by atoms with Crippen LogP contribution in [-0.4, -0.2) is 18.9 Å². The minimum absolute atomic E-state index is 0.935. The Morgan fingerprint density at radius 1 is 0.618 bits per heavy atom. The van der Waals surface area contributed by atoms with E-state index in [1.54, 1.807) is 0 Å². The smallest absolute Gasteiger partial charge is 0.137 e. The van der Waals surface area contributed by atoms with Gasteiger partial charge in [0.1, 0.15) is 5.65 Å². The lowest BCUT2D eigenvalue weighted by Gasteiger charge is -2.11. The molecule has 34 heavy (non-hydrogen) atoms. The topological polar surface area (TPSA) is 35.1 Å². The Bertz CT molecular complexity index is 1760. The normalized spacial score (nSPS) is 11.5. The third-order valence-electron chi connectivity index (χ3n) is 6.43. The predicted octanol–water partition coefficient (Wildman–Crippen LogP) is 7.16. The quantitative estimate of drug-likeness (QED) is 0.295. The van der Waals surface area contributed by atoms with Crippen molar-refractivity contribution in [2.45, 2.75) is 0 Å². The van der Waals surface area contributed by atoms with E-state index in [1.165, 1.54) is 10.9 Å². The van der Waals surface area contributed by atoms with Crippen molar-refractivity contribution in [3.05, 3.63) is 122 Å². The zero-order chi connectivity index (χ0) is 22.5. The molecule has 0 fully saturated rings. The van der Waals surface area contributed by atoms with Gasteiger partial charge in [-0.15, -0.1) is 0 Å². The summed E-state index contributed by atoms with van der Waals surface area (Å²) < 4.78 is 4.50. The Kier molecular flexibility index (Phi) is 4.11. The van der Waals surface area contributed by atoms with Crippen molar-refractivity contribution < 1.29 is 0 Å². The molecule has 0 atom stereocenters. The molecule has 0 aliphatic heterocycles. The largest absolute Gasteiger partial charge is 0.309 e. The highest BCUT2D eigenvalue weighted by Gasteiger charge is 2.17. The number of benzene rings is 3. The number of imidazole rings is 1. The highest BCUT2D eigenvalue weighted by molar-refractivity contribution is 6.08. The third kappa shape index (κ3) is 2.79. The average Bonchev–Trinajstić information content (AvgIpc) is 3.46. The Morgan fingerprint density at radius 2 is 1.41 bits per heavy atom. The summed E-state index contributed by atoms with van der Waals surface area (Å²) in [6.45, 7) is 0. The first-order chi connectivity index (χ1) is 16.9. The molecule has 0 aliphatic rings. The summed E-state index contributed by atoms with van der Waals surface area (Å²) in [5, 5.41) is 2.36. The number of fused-ring (bicyclic) bond motifs is 4. The monoisotopic (exact) mass is 436 g/mol. The molecule has 0 bridgehead atoms. The second-order valence-corrected chi connectivity index (χ2v) is 8.40. The van der Waals surface area contributed by atoms with E-state index in [0.717, 1.165) is 44.8 Å². The van der Waals surface area contributed by atoms with Crippen molar-refractivity contribution >= 4 is 27.5 Å². The van der Waals surface area contributed by atoms with Crippen LogP contribution in [0, 0.1) is 0 Å². The standard InChI is InChI=1S/C30H20N4/c1-2-9-21(10-3-1)29-30(33-18-7-6-15-28(33)32-29)22-11-8-12-23(19-22)34-26-14-5-4-13-24(26)25-20-31-17-16-27(25)34/h1-20H. The van der Waals surface area contributed by atoms with E-state index in [-0.39, 0.29) is 0 Å². The summed E-state index contributed by atoms with van der Waals surface area (Å²) in [5.74, 6) is 0. The molecular weight excluding hydrogens is 416 g/mol. The first-order valence-electron chi connectivity index (χ1n) is 11.3. The second kappa shape index (κ2) is 7.42. The Balaban J connectivity index is 1.52. The van der Waals surface area contributed by atoms with E-state index in [0.29, 0.717) is 0 Å². The van der Waals surface area contributed by atoms with Crippen LogP contribution in [0.3, 0.4) is 0 Å². The summed E-state index contributed by atoms with van der Waals surface area (Å²) in [4.78, 5) is 9.38. The molecule has 0 saturated carbocycles. The number of rotatable bonds is 3. The highest BCUT2D eigenvalue weighted by Crippen LogP contribution is 2.36. The SMILES string of the molecule is c1ccc(-c2nc3ccccn3c2-c2cccc(-n3c4ccccc4c4cnccc43)c2)cc1. The summed E-state index contributed by atoms with van der Waals surface area (Å²) >= 11 is 0. The lowest BCUT2D eigenvalue weighted by Crippen LogP contribution is -1.96. The minimum Gasteiger partial charge on any atom is -0.309 e. The lowest BCUT2D eigenvalue weighted by molar-refractivity contribution is 1.16. The molecule has 3 aromatic carbocycles. The molecule has 7 aromatic rings. The van der Waals surface area contributed by atoms with Gasteiger partial charge in [0.25, 0.3) is 0 Å². The van der Waals surface area contributed by atoms with Crippen LogP contribution in [0.25, 0.3) is 55.7 Å². The van der Waals surface area contributed by atoms with Gasteiger partial charge in [0, 0.05) is 46.2 Å². The first-order valence-corrected chi connectivity index (χ1v) is 11.3. The summed E-state index contributed by atoms with van der Waals surface area (Å²) in [5.41, 5.74) is 8.66. The number of nitrogens with zero attached hydrogens (tertiary/aromatic N) is 4. The molecule has 160 valence electrons. The fourth-order valence-electron chi connectivity index (χ4n) is 4.96. The maximum Gasteiger partial charge on any atom is 0.137 e. The van der Waals surface area contributed by atoms with Gasteiger partial charge in [-0.2, -0.15) is 0 Å². The second-order valence-electron chi connectivity index (χ2n) is 8.40. The van der Waals surface area contributed by atoms with Crippen LogP contribution in [0.15, 0.2) is 122 Å². The maximum atomic E-state index is 5.00. The molecule has 0 aliphatic carbocycles. The number of aromatic nitrogens is 4. The first kappa shape index (κ1) is 18.8. The maximum absolute atomic E-state index is 5.00. The molecule has 0 amide bonds. The predicted molar refractivity (Wildman–Crippen MR) is 138 cm³/mol. The van der Waals surface area contributed by atoms with Gasteiger partial charge in [0.05, 0.1) is 22.4 Å². The molecule has 4 aromatic heterocycles. The molecule has 4 heteroatoms. The minimum atomic E-state index is 0.935. The van der Waals surface area contributed by atoms with E-state index >= 15 is 0 Å². The molecule has 4 heterocycles. The van der Waals surface area contributed by atoms with Crippen LogP contribution in [0.5, 0.6) is 0 Å². The van der Waals surface area contributed by atoms with Crippen LogP contribution >= 0.6 is 0 Å². The third-order valence-corrected chi connectivity index (χ3v) is 6.43. The van der Waals surface area contributed by atoms with E-state index in [2.05, 4.69) is 111 Å². The zero-order valence-corrected chi connectivity index (χ0v) is 18.3. The number of pyridine rings is 2. The Labute approximate surface area is 196 Å². The molecule has 7 rings (SSSR count). The Hall–Kier alpha value is -4.70. The number of hydrogen-bond acceptors (Lipinski definition) is 2. The van der Waals surface area contributed by atoms with Crippen molar-refractivity contribution in [2.24, 2.45) is 0 Å². The van der Waals surface area contributed by atoms with Crippen LogP contribution < -0.4 is 0 Å². The molecule has 4 nitrogen and oxygen atoms in total. The van der Waals surface area contributed by atoms with E-state index < -0.39 is 0 Å². The molecule has 0 spiro atoms. The molecule has 0 radical (unpaired) electrons. The molecule has 0 saturated heterocycles. The van der Waals surface area contributed by atoms with Crippen molar-refractivity contribution in [1.29, 1.82) is 0 Å². The Morgan fingerprint density at radius 3 is 2.35 bits per heavy atom. The number of para-hydroxylation sites is 1. The van der Waals surface area contributed by atoms with Gasteiger partial charge >= 0.3 is 0 Å². The van der Waals surface area contributed by atoms with Gasteiger partial charge in [-0.05, 0) is 36.4 Å². The van der Waals surface area contributed by atoms with E-state index in [9.17, 15) is 0 Å². The van der Waals surface area contributed by atoms with Crippen molar-refractivity contribution in [3.8, 4) is 28.2 Å². The van der Waals surface area contributed by atoms with Gasteiger partial charge in [0.2, 0.25) is 0 Å². The van der Waals surface area contributed by atoms with Crippen molar-refractivity contribution in [3.63, 3.8) is 0 Å². The lowest BCUT2D eigenvalue weighted by atomic mass is 10.0. The summed E-state index contributed by atoms with van der Waals surface area (Å²) in [6.07, 6.45) is 5.90. The van der Waals surface area contributed by atoms with Crippen molar-refractivity contribution in [1.82, 2.24) is 18.9 Å². The summed E-state index contributed by atoms with van der Waals surface area (Å²) in [7, 11) is 0. The van der Waals surface area contributed by atoms with Crippen molar-refractivity contribution in [2.75, 3.05) is 0 Å². The fourth-order valence-corrected chi connectivity index (χ4v) is 4.96. The highest BCUT2D eigenvalue weighted by atomic mass is 15.0. The van der Waals surface area contributed by atoms with E-state index in [4.69, 9.17) is 4.98 Å². The van der Waals surface area contributed by atoms with Crippen LogP contribution in [0.4, 0.5) is 0 Å². The van der Waals surface area contributed by atoms with Crippen LogP contribution in [0.1, 0.15) is 0 Å². The van der Waals surface area contributed by atoms with E-state index in [1.807, 2.05) is 24.5 Å². The zero-order valence-electron chi connectivity index (χ0n) is 18.3. The molecule has 0 unspecified atom stereocenters. The van der Waals surface area contributed by atoms with Crippen LogP contribution in [0.2, 0.25) is 0 Å². The van der Waals surface area contributed by atoms with Gasteiger partial charge in [0.15, 0.2) is 0 Å². The molecule has 0 N–H and O–H groups in total. The fraction of sp³-hybridized carbons (Fsp3) is 0.